The molecule has 2 unspecified atom stereocenters. The highest BCUT2D eigenvalue weighted by Crippen LogP contribution is 2.29. The predicted octanol–water partition coefficient (Wildman–Crippen LogP) is 3.04. The summed E-state index contributed by atoms with van der Waals surface area (Å²) >= 11 is 3.50. The lowest BCUT2D eigenvalue weighted by Gasteiger charge is -2.29. The lowest BCUT2D eigenvalue weighted by Crippen LogP contribution is -2.35. The molecule has 1 heterocycles. The van der Waals surface area contributed by atoms with Crippen molar-refractivity contribution in [3.8, 4) is 0 Å². The number of nitrogens with one attached hydrogen (secondary N) is 1. The highest BCUT2D eigenvalue weighted by atomic mass is 79.9. The van der Waals surface area contributed by atoms with Crippen molar-refractivity contribution in [2.24, 2.45) is 0 Å². The highest BCUT2D eigenvalue weighted by molar-refractivity contribution is 9.10. The largest absolute Gasteiger partial charge is 0.310 e. The van der Waals surface area contributed by atoms with Gasteiger partial charge < -0.3 is 5.32 Å². The third-order valence-electron chi connectivity index (χ3n) is 2.96. The average molecular weight is 240 g/mol. The average Bonchev–Trinajstić information content (AvgIpc) is 2.12. The second-order valence-electron chi connectivity index (χ2n) is 3.80. The van der Waals surface area contributed by atoms with Crippen LogP contribution in [0.2, 0.25) is 0 Å². The summed E-state index contributed by atoms with van der Waals surface area (Å²) in [7, 11) is 0. The maximum Gasteiger partial charge on any atom is 0.0211 e. The number of halogens is 1. The molecular weight excluding hydrogens is 226 g/mol. The topological polar surface area (TPSA) is 12.0 Å². The summed E-state index contributed by atoms with van der Waals surface area (Å²) in [5.41, 5.74) is 2.93. The molecule has 2 atom stereocenters. The van der Waals surface area contributed by atoms with E-state index in [9.17, 15) is 0 Å². The van der Waals surface area contributed by atoms with E-state index in [0.29, 0.717) is 12.0 Å². The van der Waals surface area contributed by atoms with Crippen LogP contribution in [0.1, 0.15) is 30.9 Å². The summed E-state index contributed by atoms with van der Waals surface area (Å²) in [4.78, 5) is 0. The van der Waals surface area contributed by atoms with Crippen LogP contribution in [0.3, 0.4) is 0 Å². The first-order valence-electron chi connectivity index (χ1n) is 4.70. The molecule has 0 bridgehead atoms. The van der Waals surface area contributed by atoms with Crippen molar-refractivity contribution >= 4 is 15.9 Å². The Balaban J connectivity index is 2.44. The Labute approximate surface area is 87.7 Å². The fourth-order valence-electron chi connectivity index (χ4n) is 1.89. The van der Waals surface area contributed by atoms with Gasteiger partial charge in [0.15, 0.2) is 0 Å². The Kier molecular flexibility index (Phi) is 2.43. The van der Waals surface area contributed by atoms with E-state index in [-0.39, 0.29) is 0 Å². The monoisotopic (exact) mass is 239 g/mol. The molecule has 2 heteroatoms. The molecule has 1 nitrogen and oxygen atoms in total. The van der Waals surface area contributed by atoms with E-state index in [4.69, 9.17) is 0 Å². The second kappa shape index (κ2) is 3.43. The van der Waals surface area contributed by atoms with Gasteiger partial charge in [0.2, 0.25) is 0 Å². The maximum atomic E-state index is 3.50. The first-order chi connectivity index (χ1) is 6.18. The Morgan fingerprint density at radius 1 is 1.38 bits per heavy atom. The molecule has 0 fully saturated rings. The van der Waals surface area contributed by atoms with Gasteiger partial charge in [-0.05, 0) is 36.1 Å². The third kappa shape index (κ3) is 1.65. The van der Waals surface area contributed by atoms with Gasteiger partial charge in [0.05, 0.1) is 0 Å². The maximum absolute atomic E-state index is 3.50. The van der Waals surface area contributed by atoms with Gasteiger partial charge in [-0.15, -0.1) is 0 Å². The van der Waals surface area contributed by atoms with E-state index in [0.717, 1.165) is 6.54 Å². The first-order valence-corrected chi connectivity index (χ1v) is 5.49. The zero-order valence-corrected chi connectivity index (χ0v) is 9.56. The second-order valence-corrected chi connectivity index (χ2v) is 4.72. The van der Waals surface area contributed by atoms with Gasteiger partial charge >= 0.3 is 0 Å². The highest BCUT2D eigenvalue weighted by Gasteiger charge is 2.21. The van der Waals surface area contributed by atoms with E-state index in [1.807, 2.05) is 0 Å². The van der Waals surface area contributed by atoms with Crippen LogP contribution in [0.5, 0.6) is 0 Å². The summed E-state index contributed by atoms with van der Waals surface area (Å²) in [5.74, 6) is 0.622. The minimum Gasteiger partial charge on any atom is -0.310 e. The number of benzene rings is 1. The van der Waals surface area contributed by atoms with E-state index in [1.165, 1.54) is 15.6 Å². The minimum atomic E-state index is 0.591. The Bertz CT molecular complexity index is 322. The van der Waals surface area contributed by atoms with Gasteiger partial charge in [-0.25, -0.2) is 0 Å². The van der Waals surface area contributed by atoms with Gasteiger partial charge in [-0.2, -0.15) is 0 Å². The molecule has 1 aromatic carbocycles. The Morgan fingerprint density at radius 3 is 2.92 bits per heavy atom. The molecule has 1 aromatic rings. The van der Waals surface area contributed by atoms with E-state index >= 15 is 0 Å². The molecule has 2 rings (SSSR count). The normalized spacial score (nSPS) is 27.0. The van der Waals surface area contributed by atoms with Crippen LogP contribution in [0.25, 0.3) is 0 Å². The zero-order valence-electron chi connectivity index (χ0n) is 7.97. The number of hydrogen-bond donors (Lipinski definition) is 1. The number of rotatable bonds is 0. The van der Waals surface area contributed by atoms with Crippen LogP contribution in [-0.2, 0) is 6.54 Å². The van der Waals surface area contributed by atoms with Crippen molar-refractivity contribution in [3.63, 3.8) is 0 Å². The molecule has 0 spiro atoms. The van der Waals surface area contributed by atoms with Crippen molar-refractivity contribution in [3.05, 3.63) is 33.8 Å². The van der Waals surface area contributed by atoms with E-state index in [2.05, 4.69) is 53.3 Å². The van der Waals surface area contributed by atoms with Crippen LogP contribution in [-0.4, -0.2) is 6.04 Å². The molecule has 0 aromatic heterocycles. The standard InChI is InChI=1S/C11H14BrN/c1-7-8(2)13-6-9-5-10(12)3-4-11(7)9/h3-5,7-8,13H,6H2,1-2H3. The van der Waals surface area contributed by atoms with Gasteiger partial charge in [-0.3, -0.25) is 0 Å². The zero-order chi connectivity index (χ0) is 9.42. The Morgan fingerprint density at radius 2 is 2.15 bits per heavy atom. The number of fused-ring (bicyclic) bond motifs is 1. The molecular formula is C11H14BrN. The molecule has 0 amide bonds. The van der Waals surface area contributed by atoms with Crippen molar-refractivity contribution < 1.29 is 0 Å². The van der Waals surface area contributed by atoms with Crippen LogP contribution >= 0.6 is 15.9 Å². The van der Waals surface area contributed by atoms with Crippen LogP contribution in [0, 0.1) is 0 Å². The smallest absolute Gasteiger partial charge is 0.0211 e. The summed E-state index contributed by atoms with van der Waals surface area (Å²) in [6.45, 7) is 5.53. The molecule has 0 radical (unpaired) electrons. The van der Waals surface area contributed by atoms with Gasteiger partial charge in [0.25, 0.3) is 0 Å². The Hall–Kier alpha value is -0.340. The third-order valence-corrected chi connectivity index (χ3v) is 3.45. The predicted molar refractivity (Wildman–Crippen MR) is 58.9 cm³/mol. The molecule has 0 aliphatic carbocycles. The van der Waals surface area contributed by atoms with Crippen molar-refractivity contribution in [2.75, 3.05) is 0 Å². The van der Waals surface area contributed by atoms with Gasteiger partial charge in [0.1, 0.15) is 0 Å². The molecule has 1 aliphatic heterocycles. The molecule has 1 N–H and O–H groups in total. The quantitative estimate of drug-likeness (QED) is 0.734. The first kappa shape index (κ1) is 9.22. The summed E-state index contributed by atoms with van der Waals surface area (Å²) in [6, 6.07) is 7.17. The van der Waals surface area contributed by atoms with Crippen molar-refractivity contribution in [2.45, 2.75) is 32.4 Å². The molecule has 1 aliphatic rings. The van der Waals surface area contributed by atoms with Crippen molar-refractivity contribution in [1.82, 2.24) is 5.32 Å². The SMILES string of the molecule is CC1NCc2cc(Br)ccc2C1C. The van der Waals surface area contributed by atoms with E-state index < -0.39 is 0 Å². The fourth-order valence-corrected chi connectivity index (χ4v) is 2.30. The lowest BCUT2D eigenvalue weighted by molar-refractivity contribution is 0.448. The van der Waals surface area contributed by atoms with Gasteiger partial charge in [0, 0.05) is 17.1 Å². The number of hydrogen-bond acceptors (Lipinski definition) is 1. The summed E-state index contributed by atoms with van der Waals surface area (Å²) in [5, 5.41) is 3.49. The molecule has 0 saturated heterocycles. The minimum absolute atomic E-state index is 0.591. The summed E-state index contributed by atoms with van der Waals surface area (Å²) in [6.07, 6.45) is 0. The van der Waals surface area contributed by atoms with E-state index in [1.54, 1.807) is 0 Å². The lowest BCUT2D eigenvalue weighted by atomic mass is 9.87. The molecule has 13 heavy (non-hydrogen) atoms. The van der Waals surface area contributed by atoms with Gasteiger partial charge in [-0.1, -0.05) is 28.9 Å². The van der Waals surface area contributed by atoms with Crippen LogP contribution in [0.4, 0.5) is 0 Å². The summed E-state index contributed by atoms with van der Waals surface area (Å²) < 4.78 is 1.18. The molecule has 70 valence electrons. The van der Waals surface area contributed by atoms with Crippen LogP contribution < -0.4 is 5.32 Å². The molecule has 0 saturated carbocycles. The fraction of sp³-hybridized carbons (Fsp3) is 0.455. The van der Waals surface area contributed by atoms with Crippen molar-refractivity contribution in [1.29, 1.82) is 0 Å². The van der Waals surface area contributed by atoms with Crippen LogP contribution in [0.15, 0.2) is 22.7 Å².